The third-order valence-corrected chi connectivity index (χ3v) is 3.76. The van der Waals surface area contributed by atoms with Crippen molar-refractivity contribution in [3.63, 3.8) is 0 Å². The summed E-state index contributed by atoms with van der Waals surface area (Å²) in [6.07, 6.45) is 1.31. The Kier molecular flexibility index (Phi) is 5.99. The predicted molar refractivity (Wildman–Crippen MR) is 92.0 cm³/mol. The number of ether oxygens (including phenoxy) is 2. The second-order valence-electron chi connectivity index (χ2n) is 5.34. The minimum atomic E-state index is -0.608. The zero-order valence-electron chi connectivity index (χ0n) is 14.4. The average molecular weight is 347 g/mol. The fraction of sp³-hybridized carbons (Fsp3) is 0.353. The van der Waals surface area contributed by atoms with Crippen molar-refractivity contribution in [1.82, 2.24) is 14.5 Å². The molecule has 0 spiro atoms. The van der Waals surface area contributed by atoms with Crippen molar-refractivity contribution in [1.29, 1.82) is 0 Å². The van der Waals surface area contributed by atoms with Gasteiger partial charge in [0.1, 0.15) is 6.54 Å². The first kappa shape index (κ1) is 18.3. The van der Waals surface area contributed by atoms with Gasteiger partial charge in [0.15, 0.2) is 11.5 Å². The molecule has 0 atom stereocenters. The van der Waals surface area contributed by atoms with E-state index in [1.165, 1.54) is 16.8 Å². The Morgan fingerprint density at radius 3 is 2.48 bits per heavy atom. The monoisotopic (exact) mass is 347 g/mol. The van der Waals surface area contributed by atoms with Crippen LogP contribution < -0.4 is 20.7 Å². The normalized spacial score (nSPS) is 10.4. The maximum Gasteiger partial charge on any atom is 0.328 e. The number of hydrogen-bond donors (Lipinski definition) is 1. The molecule has 0 radical (unpaired) electrons. The Morgan fingerprint density at radius 2 is 1.88 bits per heavy atom. The number of benzene rings is 1. The molecule has 2 rings (SSSR count). The second kappa shape index (κ2) is 8.18. The summed E-state index contributed by atoms with van der Waals surface area (Å²) in [6, 6.07) is 6.64. The van der Waals surface area contributed by atoms with Crippen LogP contribution in [0.25, 0.3) is 0 Å². The van der Waals surface area contributed by atoms with Crippen molar-refractivity contribution in [2.24, 2.45) is 0 Å². The second-order valence-corrected chi connectivity index (χ2v) is 5.34. The average Bonchev–Trinajstić information content (AvgIpc) is 2.61. The van der Waals surface area contributed by atoms with E-state index in [4.69, 9.17) is 9.47 Å². The lowest BCUT2D eigenvalue weighted by Crippen LogP contribution is -2.37. The van der Waals surface area contributed by atoms with Crippen LogP contribution in [0.2, 0.25) is 0 Å². The van der Waals surface area contributed by atoms with E-state index in [1.54, 1.807) is 31.3 Å². The number of rotatable bonds is 7. The van der Waals surface area contributed by atoms with Crippen LogP contribution in [-0.4, -0.2) is 41.1 Å². The molecule has 1 aromatic heterocycles. The Labute approximate surface area is 144 Å². The zero-order valence-corrected chi connectivity index (χ0v) is 14.4. The summed E-state index contributed by atoms with van der Waals surface area (Å²) in [7, 11) is 3.11. The van der Waals surface area contributed by atoms with E-state index in [1.807, 2.05) is 13.0 Å². The van der Waals surface area contributed by atoms with Crippen molar-refractivity contribution in [3.05, 3.63) is 56.9 Å². The number of hydrogen-bond acceptors (Lipinski definition) is 5. The molecule has 0 fully saturated rings. The molecule has 1 amide bonds. The number of methoxy groups -OCH3 is 2. The molecule has 0 aliphatic carbocycles. The minimum Gasteiger partial charge on any atom is -0.493 e. The molecule has 0 unspecified atom stereocenters. The van der Waals surface area contributed by atoms with Gasteiger partial charge in [-0.15, -0.1) is 0 Å². The minimum absolute atomic E-state index is 0.142. The van der Waals surface area contributed by atoms with Crippen LogP contribution >= 0.6 is 0 Å². The number of H-pyrrole nitrogens is 1. The molecule has 0 saturated heterocycles. The smallest absolute Gasteiger partial charge is 0.328 e. The molecule has 1 heterocycles. The van der Waals surface area contributed by atoms with E-state index in [0.717, 1.165) is 5.56 Å². The number of amides is 1. The van der Waals surface area contributed by atoms with Crippen LogP contribution in [0.3, 0.4) is 0 Å². The lowest BCUT2D eigenvalue weighted by Gasteiger charge is -2.22. The Balaban J connectivity index is 2.15. The number of nitrogens with one attached hydrogen (secondary N) is 1. The molecule has 0 aliphatic heterocycles. The molecule has 134 valence electrons. The molecular weight excluding hydrogens is 326 g/mol. The first-order valence-electron chi connectivity index (χ1n) is 7.77. The van der Waals surface area contributed by atoms with Crippen molar-refractivity contribution >= 4 is 5.91 Å². The summed E-state index contributed by atoms with van der Waals surface area (Å²) in [5.74, 6) is 0.965. The van der Waals surface area contributed by atoms with Crippen LogP contribution in [0.15, 0.2) is 40.1 Å². The van der Waals surface area contributed by atoms with Gasteiger partial charge in [0.2, 0.25) is 5.91 Å². The fourth-order valence-electron chi connectivity index (χ4n) is 2.39. The van der Waals surface area contributed by atoms with Gasteiger partial charge >= 0.3 is 5.69 Å². The number of carbonyl (C=O) groups excluding carboxylic acids is 1. The van der Waals surface area contributed by atoms with Gasteiger partial charge < -0.3 is 14.4 Å². The maximum absolute atomic E-state index is 12.5. The topological polar surface area (TPSA) is 93.6 Å². The van der Waals surface area contributed by atoms with Crippen LogP contribution in [0.1, 0.15) is 12.5 Å². The van der Waals surface area contributed by atoms with Gasteiger partial charge in [-0.3, -0.25) is 19.1 Å². The number of carbonyl (C=O) groups is 1. The molecule has 0 aliphatic rings. The predicted octanol–water partition coefficient (Wildman–Crippen LogP) is 0.603. The summed E-state index contributed by atoms with van der Waals surface area (Å²) in [4.78, 5) is 39.0. The number of nitrogens with zero attached hydrogens (tertiary/aromatic N) is 2. The van der Waals surface area contributed by atoms with Crippen LogP contribution in [0.5, 0.6) is 11.5 Å². The number of aromatic amines is 1. The van der Waals surface area contributed by atoms with Crippen LogP contribution in [-0.2, 0) is 17.9 Å². The van der Waals surface area contributed by atoms with Crippen molar-refractivity contribution in [2.45, 2.75) is 20.0 Å². The van der Waals surface area contributed by atoms with E-state index < -0.39 is 11.2 Å². The summed E-state index contributed by atoms with van der Waals surface area (Å²) < 4.78 is 11.6. The Morgan fingerprint density at radius 1 is 1.16 bits per heavy atom. The molecule has 1 aromatic carbocycles. The van der Waals surface area contributed by atoms with Crippen LogP contribution in [0.4, 0.5) is 0 Å². The van der Waals surface area contributed by atoms with Crippen molar-refractivity contribution in [3.8, 4) is 11.5 Å². The number of aromatic nitrogens is 2. The van der Waals surface area contributed by atoms with Gasteiger partial charge in [-0.2, -0.15) is 0 Å². The maximum atomic E-state index is 12.5. The van der Waals surface area contributed by atoms with Gasteiger partial charge in [0.25, 0.3) is 5.56 Å². The Hall–Kier alpha value is -3.03. The summed E-state index contributed by atoms with van der Waals surface area (Å²) in [5, 5.41) is 0. The third-order valence-electron chi connectivity index (χ3n) is 3.76. The molecule has 8 nitrogen and oxygen atoms in total. The molecule has 0 saturated carbocycles. The summed E-state index contributed by atoms with van der Waals surface area (Å²) in [6.45, 7) is 2.56. The molecular formula is C17H21N3O5. The van der Waals surface area contributed by atoms with E-state index >= 15 is 0 Å². The van der Waals surface area contributed by atoms with Gasteiger partial charge in [-0.25, -0.2) is 4.79 Å². The molecule has 2 aromatic rings. The van der Waals surface area contributed by atoms with E-state index in [9.17, 15) is 14.4 Å². The van der Waals surface area contributed by atoms with Crippen molar-refractivity contribution in [2.75, 3.05) is 20.8 Å². The van der Waals surface area contributed by atoms with E-state index in [-0.39, 0.29) is 12.5 Å². The highest BCUT2D eigenvalue weighted by Gasteiger charge is 2.15. The SMILES string of the molecule is CCN(Cc1ccc(OC)c(OC)c1)C(=O)Cn1ccc(=O)[nH]c1=O. The molecule has 25 heavy (non-hydrogen) atoms. The third kappa shape index (κ3) is 4.50. The first-order valence-corrected chi connectivity index (χ1v) is 7.77. The lowest BCUT2D eigenvalue weighted by molar-refractivity contribution is -0.132. The number of likely N-dealkylation sites (N-methyl/N-ethyl adjacent to an activating group) is 1. The lowest BCUT2D eigenvalue weighted by atomic mass is 10.2. The zero-order chi connectivity index (χ0) is 18.4. The summed E-state index contributed by atoms with van der Waals surface area (Å²) >= 11 is 0. The van der Waals surface area contributed by atoms with Gasteiger partial charge in [-0.1, -0.05) is 6.07 Å². The quantitative estimate of drug-likeness (QED) is 0.792. The van der Waals surface area contributed by atoms with Crippen LogP contribution in [0, 0.1) is 0 Å². The Bertz CT molecular complexity index is 856. The van der Waals surface area contributed by atoms with E-state index in [0.29, 0.717) is 24.6 Å². The van der Waals surface area contributed by atoms with E-state index in [2.05, 4.69) is 4.98 Å². The molecule has 8 heteroatoms. The fourth-order valence-corrected chi connectivity index (χ4v) is 2.39. The standard InChI is InChI=1S/C17H21N3O5/c1-4-19(10-12-5-6-13(24-2)14(9-12)25-3)16(22)11-20-8-7-15(21)18-17(20)23/h5-9H,4,10-11H2,1-3H3,(H,18,21,23). The molecule has 0 bridgehead atoms. The summed E-state index contributed by atoms with van der Waals surface area (Å²) in [5.41, 5.74) is -0.226. The largest absolute Gasteiger partial charge is 0.493 e. The molecule has 1 N–H and O–H groups in total. The van der Waals surface area contributed by atoms with Crippen molar-refractivity contribution < 1.29 is 14.3 Å². The highest BCUT2D eigenvalue weighted by Crippen LogP contribution is 2.28. The van der Waals surface area contributed by atoms with Gasteiger partial charge in [0, 0.05) is 25.4 Å². The van der Waals surface area contributed by atoms with Gasteiger partial charge in [-0.05, 0) is 24.6 Å². The van der Waals surface area contributed by atoms with Gasteiger partial charge in [0.05, 0.1) is 14.2 Å². The highest BCUT2D eigenvalue weighted by atomic mass is 16.5. The first-order chi connectivity index (χ1) is 12.0. The highest BCUT2D eigenvalue weighted by molar-refractivity contribution is 5.76.